The van der Waals surface area contributed by atoms with E-state index in [1.54, 1.807) is 30.9 Å². The summed E-state index contributed by atoms with van der Waals surface area (Å²) in [7, 11) is 1.66. The number of aliphatic hydroxyl groups is 1. The topological polar surface area (TPSA) is 49.8 Å². The first-order valence-electron chi connectivity index (χ1n) is 9.23. The number of likely N-dealkylation sites (N-methyl/N-ethyl adjacent to an activating group) is 1. The molecule has 1 N–H and O–H groups in total. The summed E-state index contributed by atoms with van der Waals surface area (Å²) in [5, 5.41) is 12.1. The van der Waals surface area contributed by atoms with Crippen LogP contribution in [0.25, 0.3) is 0 Å². The van der Waals surface area contributed by atoms with E-state index in [-0.39, 0.29) is 6.54 Å². The Morgan fingerprint density at radius 2 is 1.83 bits per heavy atom. The van der Waals surface area contributed by atoms with Gasteiger partial charge in [0.1, 0.15) is 5.60 Å². The smallest absolute Gasteiger partial charge is 0.410 e. The second-order valence-corrected chi connectivity index (χ2v) is 9.56. The Morgan fingerprint density at radius 3 is 2.41 bits per heavy atom. The average molecular weight is 456 g/mol. The molecule has 4 nitrogen and oxygen atoms in total. The van der Waals surface area contributed by atoms with E-state index in [9.17, 15) is 9.90 Å². The Labute approximate surface area is 187 Å². The minimum Gasteiger partial charge on any atom is -0.444 e. The first-order chi connectivity index (χ1) is 13.5. The second-order valence-electron chi connectivity index (χ2n) is 7.86. The van der Waals surface area contributed by atoms with Crippen LogP contribution in [-0.2, 0) is 4.74 Å². The summed E-state index contributed by atoms with van der Waals surface area (Å²) in [4.78, 5) is 15.0. The first-order valence-corrected chi connectivity index (χ1v) is 11.2. The number of rotatable bonds is 6. The molecule has 158 valence electrons. The molecule has 0 bridgehead atoms. The molecule has 2 atom stereocenters. The number of carbonyl (C=O) groups is 1. The van der Waals surface area contributed by atoms with Gasteiger partial charge >= 0.3 is 6.09 Å². The van der Waals surface area contributed by atoms with Gasteiger partial charge in [0.2, 0.25) is 0 Å². The molecular weight excluding hydrogens is 429 g/mol. The predicted molar refractivity (Wildman–Crippen MR) is 121 cm³/mol. The molecule has 0 radical (unpaired) electrons. The third-order valence-electron chi connectivity index (χ3n) is 4.36. The number of benzene rings is 2. The molecule has 0 saturated heterocycles. The second kappa shape index (κ2) is 10.1. The fourth-order valence-corrected chi connectivity index (χ4v) is 3.67. The van der Waals surface area contributed by atoms with Crippen LogP contribution >= 0.6 is 35.0 Å². The number of nitrogens with zero attached hydrogens (tertiary/aromatic N) is 1. The van der Waals surface area contributed by atoms with E-state index in [0.29, 0.717) is 10.0 Å². The molecule has 7 heteroatoms. The summed E-state index contributed by atoms with van der Waals surface area (Å²) in [6, 6.07) is 13.0. The first kappa shape index (κ1) is 23.9. The fraction of sp³-hybridized carbons (Fsp3) is 0.409. The molecule has 0 aliphatic carbocycles. The summed E-state index contributed by atoms with van der Waals surface area (Å²) in [5.74, 6) is -0.417. The number of amides is 1. The van der Waals surface area contributed by atoms with Gasteiger partial charge in [-0.2, -0.15) is 0 Å². The van der Waals surface area contributed by atoms with E-state index in [0.717, 1.165) is 16.0 Å². The highest BCUT2D eigenvalue weighted by Gasteiger charge is 2.28. The van der Waals surface area contributed by atoms with E-state index >= 15 is 0 Å². The van der Waals surface area contributed by atoms with Crippen molar-refractivity contribution in [3.05, 3.63) is 63.6 Å². The van der Waals surface area contributed by atoms with E-state index in [1.165, 1.54) is 4.90 Å². The van der Waals surface area contributed by atoms with Crippen LogP contribution in [-0.4, -0.2) is 41.5 Å². The number of aliphatic hydroxyl groups excluding tert-OH is 1. The van der Waals surface area contributed by atoms with Gasteiger partial charge in [-0.1, -0.05) is 41.4 Å². The Hall–Kier alpha value is -1.40. The maximum Gasteiger partial charge on any atom is 0.410 e. The number of hydrogen-bond acceptors (Lipinski definition) is 4. The molecule has 1 amide bonds. The molecular formula is C22H27Cl2NO3S. The van der Waals surface area contributed by atoms with Gasteiger partial charge in [-0.05, 0) is 62.4 Å². The van der Waals surface area contributed by atoms with Crippen LogP contribution in [0.3, 0.4) is 0 Å². The SMILES string of the molecule is CSc1cccc(C(O)C(CN(C)C(=O)OC(C)(C)C)c2ccc(Cl)c(Cl)c2)c1. The van der Waals surface area contributed by atoms with E-state index in [2.05, 4.69) is 0 Å². The molecule has 2 rings (SSSR count). The highest BCUT2D eigenvalue weighted by Crippen LogP contribution is 2.36. The summed E-state index contributed by atoms with van der Waals surface area (Å²) >= 11 is 13.9. The van der Waals surface area contributed by atoms with Gasteiger partial charge in [0, 0.05) is 24.4 Å². The largest absolute Gasteiger partial charge is 0.444 e. The lowest BCUT2D eigenvalue weighted by Crippen LogP contribution is -2.37. The fourth-order valence-electron chi connectivity index (χ4n) is 2.90. The van der Waals surface area contributed by atoms with Crippen LogP contribution in [0.15, 0.2) is 47.4 Å². The number of hydrogen-bond donors (Lipinski definition) is 1. The zero-order valence-electron chi connectivity index (χ0n) is 17.3. The van der Waals surface area contributed by atoms with Crippen molar-refractivity contribution in [2.24, 2.45) is 0 Å². The van der Waals surface area contributed by atoms with Crippen molar-refractivity contribution in [3.8, 4) is 0 Å². The van der Waals surface area contributed by atoms with E-state index in [1.807, 2.05) is 57.4 Å². The standard InChI is InChI=1S/C22H27Cl2NO3S/c1-22(2,3)28-21(27)25(4)13-17(14-9-10-18(23)19(24)12-14)20(26)15-7-6-8-16(11-15)29-5/h6-12,17,20,26H,13H2,1-5H3. The van der Waals surface area contributed by atoms with Crippen molar-refractivity contribution in [2.75, 3.05) is 19.8 Å². The van der Waals surface area contributed by atoms with Gasteiger partial charge < -0.3 is 14.7 Å². The zero-order chi connectivity index (χ0) is 21.8. The normalized spacial score (nSPS) is 13.7. The Bertz CT molecular complexity index is 854. The van der Waals surface area contributed by atoms with Gasteiger partial charge in [0.15, 0.2) is 0 Å². The molecule has 0 heterocycles. The molecule has 2 aromatic rings. The Kier molecular flexibility index (Phi) is 8.29. The van der Waals surface area contributed by atoms with E-state index < -0.39 is 23.7 Å². The minimum absolute atomic E-state index is 0.248. The Balaban J connectivity index is 2.37. The lowest BCUT2D eigenvalue weighted by Gasteiger charge is -2.30. The highest BCUT2D eigenvalue weighted by molar-refractivity contribution is 7.98. The van der Waals surface area contributed by atoms with Crippen molar-refractivity contribution in [1.82, 2.24) is 4.90 Å². The van der Waals surface area contributed by atoms with Crippen LogP contribution in [0.4, 0.5) is 4.79 Å². The molecule has 29 heavy (non-hydrogen) atoms. The van der Waals surface area contributed by atoms with Crippen molar-refractivity contribution in [2.45, 2.75) is 43.3 Å². The molecule has 0 saturated carbocycles. The van der Waals surface area contributed by atoms with Crippen molar-refractivity contribution in [1.29, 1.82) is 0 Å². The summed E-state index contributed by atoms with van der Waals surface area (Å²) in [5.41, 5.74) is 0.956. The van der Waals surface area contributed by atoms with Crippen molar-refractivity contribution < 1.29 is 14.6 Å². The minimum atomic E-state index is -0.843. The van der Waals surface area contributed by atoms with Gasteiger partial charge in [0.05, 0.1) is 16.1 Å². The van der Waals surface area contributed by atoms with Gasteiger partial charge in [-0.25, -0.2) is 4.79 Å². The van der Waals surface area contributed by atoms with Crippen LogP contribution in [0.1, 0.15) is 43.9 Å². The summed E-state index contributed by atoms with van der Waals surface area (Å²) in [6.45, 7) is 5.70. The molecule has 2 aromatic carbocycles. The maximum atomic E-state index is 12.5. The molecule has 0 aromatic heterocycles. The van der Waals surface area contributed by atoms with Gasteiger partial charge in [-0.15, -0.1) is 11.8 Å². The molecule has 0 spiro atoms. The highest BCUT2D eigenvalue weighted by atomic mass is 35.5. The third kappa shape index (κ3) is 6.82. The lowest BCUT2D eigenvalue weighted by molar-refractivity contribution is 0.0250. The zero-order valence-corrected chi connectivity index (χ0v) is 19.6. The number of carbonyl (C=O) groups excluding carboxylic acids is 1. The quantitative estimate of drug-likeness (QED) is 0.511. The lowest BCUT2D eigenvalue weighted by atomic mass is 9.88. The Morgan fingerprint density at radius 1 is 1.14 bits per heavy atom. The predicted octanol–water partition coefficient (Wildman–Crippen LogP) is 6.40. The number of thioether (sulfide) groups is 1. The van der Waals surface area contributed by atoms with Crippen LogP contribution < -0.4 is 0 Å². The van der Waals surface area contributed by atoms with Gasteiger partial charge in [0.25, 0.3) is 0 Å². The number of ether oxygens (including phenoxy) is 1. The van der Waals surface area contributed by atoms with Crippen molar-refractivity contribution in [3.63, 3.8) is 0 Å². The number of halogens is 2. The maximum absolute atomic E-state index is 12.5. The van der Waals surface area contributed by atoms with Crippen LogP contribution in [0.5, 0.6) is 0 Å². The van der Waals surface area contributed by atoms with Crippen LogP contribution in [0, 0.1) is 0 Å². The summed E-state index contributed by atoms with van der Waals surface area (Å²) < 4.78 is 5.46. The molecule has 0 aliphatic heterocycles. The summed E-state index contributed by atoms with van der Waals surface area (Å²) in [6.07, 6.45) is 0.690. The third-order valence-corrected chi connectivity index (χ3v) is 5.83. The molecule has 0 fully saturated rings. The van der Waals surface area contributed by atoms with Gasteiger partial charge in [-0.3, -0.25) is 0 Å². The van der Waals surface area contributed by atoms with Crippen molar-refractivity contribution >= 4 is 41.1 Å². The molecule has 0 aliphatic rings. The van der Waals surface area contributed by atoms with Crippen LogP contribution in [0.2, 0.25) is 10.0 Å². The molecule has 2 unspecified atom stereocenters. The van der Waals surface area contributed by atoms with E-state index in [4.69, 9.17) is 27.9 Å². The monoisotopic (exact) mass is 455 g/mol. The average Bonchev–Trinajstić information content (AvgIpc) is 2.66.